The summed E-state index contributed by atoms with van der Waals surface area (Å²) in [7, 11) is 0. The summed E-state index contributed by atoms with van der Waals surface area (Å²) in [5.41, 5.74) is 1.28. The second-order valence-electron chi connectivity index (χ2n) is 4.72. The van der Waals surface area contributed by atoms with Crippen LogP contribution in [0.15, 0.2) is 24.3 Å². The van der Waals surface area contributed by atoms with Crippen LogP contribution >= 0.6 is 0 Å². The van der Waals surface area contributed by atoms with E-state index in [-0.39, 0.29) is 0 Å². The maximum atomic E-state index is 10.9. The molecule has 0 aromatic heterocycles. The maximum absolute atomic E-state index is 10.9. The van der Waals surface area contributed by atoms with Gasteiger partial charge in [-0.05, 0) is 31.0 Å². The first kappa shape index (κ1) is 12.0. The smallest absolute Gasteiger partial charge is 0.335 e. The van der Waals surface area contributed by atoms with Crippen LogP contribution in [0.2, 0.25) is 0 Å². The molecule has 0 amide bonds. The number of nitrogens with one attached hydrogen (secondary N) is 1. The summed E-state index contributed by atoms with van der Waals surface area (Å²) < 4.78 is 0. The molecule has 1 aliphatic rings. The third-order valence-electron chi connectivity index (χ3n) is 3.34. The molecule has 0 bridgehead atoms. The van der Waals surface area contributed by atoms with E-state index in [4.69, 9.17) is 5.11 Å². The van der Waals surface area contributed by atoms with E-state index in [0.29, 0.717) is 11.6 Å². The Balaban J connectivity index is 2.01. The van der Waals surface area contributed by atoms with E-state index in [1.165, 1.54) is 38.5 Å². The Morgan fingerprint density at radius 1 is 1.18 bits per heavy atom. The Kier molecular flexibility index (Phi) is 4.02. The molecule has 0 unspecified atom stereocenters. The van der Waals surface area contributed by atoms with E-state index in [0.717, 1.165) is 5.69 Å². The highest BCUT2D eigenvalue weighted by molar-refractivity contribution is 5.88. The summed E-state index contributed by atoms with van der Waals surface area (Å²) in [5, 5.41) is 12.4. The van der Waals surface area contributed by atoms with Crippen molar-refractivity contribution in [2.45, 2.75) is 44.6 Å². The van der Waals surface area contributed by atoms with Crippen molar-refractivity contribution in [1.29, 1.82) is 0 Å². The second-order valence-corrected chi connectivity index (χ2v) is 4.72. The molecular weight excluding hydrogens is 214 g/mol. The number of benzene rings is 1. The molecule has 0 saturated heterocycles. The number of carboxylic acid groups (broad SMARTS) is 1. The van der Waals surface area contributed by atoms with Gasteiger partial charge in [-0.3, -0.25) is 0 Å². The van der Waals surface area contributed by atoms with Crippen LogP contribution in [0.5, 0.6) is 0 Å². The number of aromatic carboxylic acids is 1. The molecule has 2 rings (SSSR count). The highest BCUT2D eigenvalue weighted by atomic mass is 16.4. The van der Waals surface area contributed by atoms with E-state index in [9.17, 15) is 4.79 Å². The highest BCUT2D eigenvalue weighted by Crippen LogP contribution is 2.21. The number of carboxylic acids is 1. The summed E-state index contributed by atoms with van der Waals surface area (Å²) in [6, 6.07) is 7.58. The lowest BCUT2D eigenvalue weighted by Gasteiger charge is -2.17. The molecule has 0 radical (unpaired) electrons. The van der Waals surface area contributed by atoms with Crippen LogP contribution in [-0.2, 0) is 0 Å². The monoisotopic (exact) mass is 233 g/mol. The fraction of sp³-hybridized carbons (Fsp3) is 0.500. The van der Waals surface area contributed by atoms with Gasteiger partial charge in [0, 0.05) is 11.7 Å². The molecule has 1 saturated carbocycles. The number of hydrogen-bond acceptors (Lipinski definition) is 2. The van der Waals surface area contributed by atoms with Gasteiger partial charge in [0.05, 0.1) is 5.56 Å². The Bertz CT molecular complexity index is 382. The molecule has 2 N–H and O–H groups in total. The van der Waals surface area contributed by atoms with Crippen molar-refractivity contribution >= 4 is 11.7 Å². The average Bonchev–Trinajstić information content (AvgIpc) is 2.58. The number of anilines is 1. The summed E-state index contributed by atoms with van der Waals surface area (Å²) >= 11 is 0. The van der Waals surface area contributed by atoms with Crippen LogP contribution in [0.4, 0.5) is 5.69 Å². The molecule has 92 valence electrons. The van der Waals surface area contributed by atoms with E-state index in [1.807, 2.05) is 6.07 Å². The zero-order chi connectivity index (χ0) is 12.1. The Morgan fingerprint density at radius 2 is 1.88 bits per heavy atom. The van der Waals surface area contributed by atoms with E-state index >= 15 is 0 Å². The minimum atomic E-state index is -0.866. The van der Waals surface area contributed by atoms with Crippen LogP contribution in [0.3, 0.4) is 0 Å². The largest absolute Gasteiger partial charge is 0.478 e. The fourth-order valence-electron chi connectivity index (χ4n) is 2.40. The quantitative estimate of drug-likeness (QED) is 0.785. The predicted molar refractivity (Wildman–Crippen MR) is 68.5 cm³/mol. The predicted octanol–water partition coefficient (Wildman–Crippen LogP) is 3.52. The molecule has 17 heavy (non-hydrogen) atoms. The molecule has 3 heteroatoms. The summed E-state index contributed by atoms with van der Waals surface area (Å²) in [6.07, 6.45) is 7.59. The number of carbonyl (C=O) groups is 1. The van der Waals surface area contributed by atoms with E-state index < -0.39 is 5.97 Å². The minimum absolute atomic E-state index is 0.351. The summed E-state index contributed by atoms with van der Waals surface area (Å²) in [4.78, 5) is 10.9. The van der Waals surface area contributed by atoms with Gasteiger partial charge < -0.3 is 10.4 Å². The Morgan fingerprint density at radius 3 is 2.53 bits per heavy atom. The first-order valence-corrected chi connectivity index (χ1v) is 6.35. The maximum Gasteiger partial charge on any atom is 0.335 e. The highest BCUT2D eigenvalue weighted by Gasteiger charge is 2.12. The van der Waals surface area contributed by atoms with Gasteiger partial charge in [0.1, 0.15) is 0 Å². The lowest BCUT2D eigenvalue weighted by molar-refractivity contribution is 0.0697. The molecule has 1 aliphatic carbocycles. The van der Waals surface area contributed by atoms with E-state index in [1.54, 1.807) is 18.2 Å². The van der Waals surface area contributed by atoms with Crippen molar-refractivity contribution in [2.24, 2.45) is 0 Å². The molecule has 0 aliphatic heterocycles. The van der Waals surface area contributed by atoms with Gasteiger partial charge in [-0.1, -0.05) is 31.7 Å². The summed E-state index contributed by atoms with van der Waals surface area (Å²) in [6.45, 7) is 0. The lowest BCUT2D eigenvalue weighted by Crippen LogP contribution is -2.18. The second kappa shape index (κ2) is 5.71. The third-order valence-corrected chi connectivity index (χ3v) is 3.34. The molecule has 3 nitrogen and oxygen atoms in total. The molecule has 1 aromatic carbocycles. The van der Waals surface area contributed by atoms with Gasteiger partial charge >= 0.3 is 5.97 Å². The van der Waals surface area contributed by atoms with Gasteiger partial charge in [0.25, 0.3) is 0 Å². The zero-order valence-corrected chi connectivity index (χ0v) is 9.98. The van der Waals surface area contributed by atoms with Crippen molar-refractivity contribution in [2.75, 3.05) is 5.32 Å². The molecule has 0 atom stereocenters. The first-order valence-electron chi connectivity index (χ1n) is 6.35. The minimum Gasteiger partial charge on any atom is -0.478 e. The van der Waals surface area contributed by atoms with Crippen LogP contribution < -0.4 is 5.32 Å². The number of hydrogen-bond donors (Lipinski definition) is 2. The van der Waals surface area contributed by atoms with Gasteiger partial charge in [0.2, 0.25) is 0 Å². The molecule has 0 heterocycles. The van der Waals surface area contributed by atoms with Crippen molar-refractivity contribution in [3.8, 4) is 0 Å². The van der Waals surface area contributed by atoms with Crippen LogP contribution in [0, 0.1) is 0 Å². The molecule has 1 aromatic rings. The number of rotatable bonds is 3. The first-order chi connectivity index (χ1) is 8.25. The van der Waals surface area contributed by atoms with Crippen LogP contribution in [0.1, 0.15) is 48.9 Å². The van der Waals surface area contributed by atoms with Crippen LogP contribution in [0.25, 0.3) is 0 Å². The van der Waals surface area contributed by atoms with Crippen LogP contribution in [-0.4, -0.2) is 17.1 Å². The van der Waals surface area contributed by atoms with Gasteiger partial charge in [-0.2, -0.15) is 0 Å². The van der Waals surface area contributed by atoms with Crippen molar-refractivity contribution in [3.05, 3.63) is 29.8 Å². The van der Waals surface area contributed by atoms with Gasteiger partial charge in [-0.15, -0.1) is 0 Å². The van der Waals surface area contributed by atoms with Crippen molar-refractivity contribution < 1.29 is 9.90 Å². The third kappa shape index (κ3) is 3.48. The Labute approximate surface area is 102 Å². The van der Waals surface area contributed by atoms with Gasteiger partial charge in [0.15, 0.2) is 0 Å². The fourth-order valence-corrected chi connectivity index (χ4v) is 2.40. The summed E-state index contributed by atoms with van der Waals surface area (Å²) in [5.74, 6) is -0.866. The normalized spacial score (nSPS) is 17.4. The molecule has 0 spiro atoms. The lowest BCUT2D eigenvalue weighted by atomic mass is 10.1. The molecule has 1 fully saturated rings. The average molecular weight is 233 g/mol. The standard InChI is InChI=1S/C14H19NO2/c16-14(17)11-6-5-9-13(10-11)15-12-7-3-1-2-4-8-12/h5-6,9-10,12,15H,1-4,7-8H2,(H,16,17). The van der Waals surface area contributed by atoms with Crippen molar-refractivity contribution in [1.82, 2.24) is 0 Å². The van der Waals surface area contributed by atoms with Gasteiger partial charge in [-0.25, -0.2) is 4.79 Å². The molecular formula is C14H19NO2. The van der Waals surface area contributed by atoms with E-state index in [2.05, 4.69) is 5.32 Å². The van der Waals surface area contributed by atoms with Crippen molar-refractivity contribution in [3.63, 3.8) is 0 Å². The zero-order valence-electron chi connectivity index (χ0n) is 9.98. The SMILES string of the molecule is O=C(O)c1cccc(NC2CCCCCC2)c1. The Hall–Kier alpha value is -1.51. The topological polar surface area (TPSA) is 49.3 Å².